The van der Waals surface area contributed by atoms with Crippen LogP contribution in [0, 0.1) is 0 Å². The number of hydrogen-bond acceptors (Lipinski definition) is 8. The normalized spacial score (nSPS) is 10.7. The zero-order valence-corrected chi connectivity index (χ0v) is 19.7. The number of phenolic OH excluding ortho intramolecular Hbond substituents is 4. The van der Waals surface area contributed by atoms with Crippen LogP contribution in [-0.2, 0) is 0 Å². The van der Waals surface area contributed by atoms with E-state index in [9.17, 15) is 30.0 Å². The lowest BCUT2D eigenvalue weighted by atomic mass is 10.1. The average Bonchev–Trinajstić information content (AvgIpc) is 2.89. The molecule has 0 amide bonds. The van der Waals surface area contributed by atoms with Crippen molar-refractivity contribution in [1.82, 2.24) is 0 Å². The second-order valence-corrected chi connectivity index (χ2v) is 8.32. The minimum atomic E-state index is -0.349. The van der Waals surface area contributed by atoms with Gasteiger partial charge in [-0.2, -0.15) is 0 Å². The molecule has 2 aromatic heterocycles. The first-order chi connectivity index (χ1) is 18.3. The lowest BCUT2D eigenvalue weighted by Crippen LogP contribution is -2.00. The van der Waals surface area contributed by atoms with Crippen molar-refractivity contribution in [3.8, 4) is 45.6 Å². The van der Waals surface area contributed by atoms with Crippen molar-refractivity contribution < 1.29 is 29.3 Å². The third-order valence-corrected chi connectivity index (χ3v) is 5.77. The maximum Gasteiger partial charge on any atom is 0.197 e. The van der Waals surface area contributed by atoms with Crippen molar-refractivity contribution >= 4 is 21.9 Å². The summed E-state index contributed by atoms with van der Waals surface area (Å²) in [6.07, 6.45) is 0. The highest BCUT2D eigenvalue weighted by Crippen LogP contribution is 2.31. The number of fused-ring (bicyclic) bond motifs is 2. The first-order valence-electron chi connectivity index (χ1n) is 11.4. The summed E-state index contributed by atoms with van der Waals surface area (Å²) in [6, 6.07) is 24.9. The van der Waals surface area contributed by atoms with E-state index in [-0.39, 0.29) is 56.0 Å². The van der Waals surface area contributed by atoms with Gasteiger partial charge in [0.15, 0.2) is 10.9 Å². The van der Waals surface area contributed by atoms with Crippen LogP contribution in [0.2, 0.25) is 0 Å². The van der Waals surface area contributed by atoms with Gasteiger partial charge >= 0.3 is 0 Å². The molecule has 8 nitrogen and oxygen atoms in total. The van der Waals surface area contributed by atoms with E-state index in [1.54, 1.807) is 54.6 Å². The Kier molecular flexibility index (Phi) is 6.28. The number of phenols is 4. The Hall–Kier alpha value is -5.50. The molecule has 0 aliphatic rings. The summed E-state index contributed by atoms with van der Waals surface area (Å²) in [6.45, 7) is 0. The molecule has 0 saturated heterocycles. The molecule has 0 aliphatic carbocycles. The predicted molar refractivity (Wildman–Crippen MR) is 142 cm³/mol. The average molecular weight is 508 g/mol. The van der Waals surface area contributed by atoms with Crippen molar-refractivity contribution in [3.05, 3.63) is 118 Å². The third kappa shape index (κ3) is 4.66. The standard InChI is InChI=1S/2C15H10O4/c16-10-4-1-3-9(7-10)14-8-12(18)15-11(17)5-2-6-13(15)19-14;16-10-5-2-1-4-9(10)14-8-12(18)15-11(17)6-3-7-13(15)19-14/h2*1-8,16-17H. The van der Waals surface area contributed by atoms with Crippen LogP contribution >= 0.6 is 0 Å². The Morgan fingerprint density at radius 1 is 0.500 bits per heavy atom. The van der Waals surface area contributed by atoms with E-state index in [0.717, 1.165) is 0 Å². The highest BCUT2D eigenvalue weighted by atomic mass is 16.3. The predicted octanol–water partition coefficient (Wildman–Crippen LogP) is 5.74. The largest absolute Gasteiger partial charge is 0.508 e. The van der Waals surface area contributed by atoms with Crippen LogP contribution in [0.3, 0.4) is 0 Å². The summed E-state index contributed by atoms with van der Waals surface area (Å²) in [5, 5.41) is 38.8. The topological polar surface area (TPSA) is 141 Å². The quantitative estimate of drug-likeness (QED) is 0.232. The van der Waals surface area contributed by atoms with Gasteiger partial charge in [0, 0.05) is 17.7 Å². The van der Waals surface area contributed by atoms with Crippen LogP contribution in [0.4, 0.5) is 0 Å². The fraction of sp³-hybridized carbons (Fsp3) is 0. The van der Waals surface area contributed by atoms with Crippen molar-refractivity contribution in [2.24, 2.45) is 0 Å². The molecule has 6 aromatic rings. The molecule has 0 bridgehead atoms. The minimum absolute atomic E-state index is 0.0325. The number of hydrogen-bond donors (Lipinski definition) is 4. The highest BCUT2D eigenvalue weighted by Gasteiger charge is 2.12. The number of para-hydroxylation sites is 1. The summed E-state index contributed by atoms with van der Waals surface area (Å²) >= 11 is 0. The number of rotatable bonds is 2. The van der Waals surface area contributed by atoms with Crippen LogP contribution in [0.1, 0.15) is 0 Å². The van der Waals surface area contributed by atoms with Gasteiger partial charge in [-0.15, -0.1) is 0 Å². The van der Waals surface area contributed by atoms with Gasteiger partial charge in [-0.05, 0) is 48.5 Å². The Balaban J connectivity index is 0.000000155. The zero-order valence-electron chi connectivity index (χ0n) is 19.7. The fourth-order valence-electron chi connectivity index (χ4n) is 4.00. The first-order valence-corrected chi connectivity index (χ1v) is 11.4. The van der Waals surface area contributed by atoms with E-state index in [1.165, 1.54) is 42.5 Å². The van der Waals surface area contributed by atoms with Gasteiger partial charge in [0.2, 0.25) is 0 Å². The summed E-state index contributed by atoms with van der Waals surface area (Å²) in [4.78, 5) is 24.0. The van der Waals surface area contributed by atoms with Gasteiger partial charge in [0.25, 0.3) is 0 Å². The van der Waals surface area contributed by atoms with Crippen molar-refractivity contribution in [1.29, 1.82) is 0 Å². The summed E-state index contributed by atoms with van der Waals surface area (Å²) < 4.78 is 11.2. The van der Waals surface area contributed by atoms with Crippen LogP contribution < -0.4 is 10.9 Å². The van der Waals surface area contributed by atoms with Gasteiger partial charge in [-0.1, -0.05) is 36.4 Å². The Morgan fingerprint density at radius 2 is 1.03 bits per heavy atom. The highest BCUT2D eigenvalue weighted by molar-refractivity contribution is 5.85. The molecule has 0 fully saturated rings. The second-order valence-electron chi connectivity index (χ2n) is 8.32. The maximum atomic E-state index is 12.0. The van der Waals surface area contributed by atoms with E-state index < -0.39 is 0 Å². The van der Waals surface area contributed by atoms with Crippen molar-refractivity contribution in [3.63, 3.8) is 0 Å². The van der Waals surface area contributed by atoms with Gasteiger partial charge < -0.3 is 29.3 Å². The van der Waals surface area contributed by atoms with E-state index >= 15 is 0 Å². The van der Waals surface area contributed by atoms with Crippen molar-refractivity contribution in [2.75, 3.05) is 0 Å². The Morgan fingerprint density at radius 3 is 1.63 bits per heavy atom. The van der Waals surface area contributed by atoms with Crippen molar-refractivity contribution in [2.45, 2.75) is 0 Å². The molecule has 2 heterocycles. The SMILES string of the molecule is O=c1cc(-c2cccc(O)c2)oc2cccc(O)c12.O=c1cc(-c2ccccc2O)oc2cccc(O)c12. The lowest BCUT2D eigenvalue weighted by molar-refractivity contribution is 0.473. The molecule has 0 radical (unpaired) electrons. The Labute approximate surface area is 214 Å². The van der Waals surface area contributed by atoms with Crippen LogP contribution in [0.15, 0.2) is 115 Å². The van der Waals surface area contributed by atoms with Gasteiger partial charge in [-0.25, -0.2) is 0 Å². The van der Waals surface area contributed by atoms with Crippen LogP contribution in [-0.4, -0.2) is 20.4 Å². The van der Waals surface area contributed by atoms with E-state index in [2.05, 4.69) is 0 Å². The lowest BCUT2D eigenvalue weighted by Gasteiger charge is -2.05. The molecule has 0 unspecified atom stereocenters. The fourth-order valence-corrected chi connectivity index (χ4v) is 4.00. The molecule has 6 rings (SSSR count). The zero-order chi connectivity index (χ0) is 26.8. The molecule has 8 heteroatoms. The molecular formula is C30H20O8. The number of aromatic hydroxyl groups is 4. The maximum absolute atomic E-state index is 12.0. The molecule has 0 aliphatic heterocycles. The minimum Gasteiger partial charge on any atom is -0.508 e. The monoisotopic (exact) mass is 508 g/mol. The first kappa shape index (κ1) is 24.2. The summed E-state index contributed by atoms with van der Waals surface area (Å²) in [5.41, 5.74) is 0.957. The van der Waals surface area contributed by atoms with E-state index in [1.807, 2.05) is 0 Å². The molecular weight excluding hydrogens is 488 g/mol. The van der Waals surface area contributed by atoms with Crippen LogP contribution in [0.25, 0.3) is 44.6 Å². The van der Waals surface area contributed by atoms with Gasteiger partial charge in [0.05, 0.1) is 5.56 Å². The second kappa shape index (κ2) is 9.87. The third-order valence-electron chi connectivity index (χ3n) is 5.77. The summed E-state index contributed by atoms with van der Waals surface area (Å²) in [5.74, 6) is 0.519. The molecule has 4 N–H and O–H groups in total. The molecule has 38 heavy (non-hydrogen) atoms. The number of benzene rings is 4. The summed E-state index contributed by atoms with van der Waals surface area (Å²) in [7, 11) is 0. The molecule has 0 saturated carbocycles. The van der Waals surface area contributed by atoms with E-state index in [4.69, 9.17) is 8.83 Å². The van der Waals surface area contributed by atoms with Gasteiger partial charge in [0.1, 0.15) is 56.5 Å². The molecule has 0 spiro atoms. The molecule has 0 atom stereocenters. The van der Waals surface area contributed by atoms with Gasteiger partial charge in [-0.3, -0.25) is 9.59 Å². The van der Waals surface area contributed by atoms with E-state index in [0.29, 0.717) is 22.5 Å². The molecule has 188 valence electrons. The Bertz CT molecular complexity index is 1920. The smallest absolute Gasteiger partial charge is 0.197 e. The van der Waals surface area contributed by atoms with Crippen LogP contribution in [0.5, 0.6) is 23.0 Å². The molecule has 4 aromatic carbocycles.